The Balaban J connectivity index is 2.35. The van der Waals surface area contributed by atoms with Crippen molar-refractivity contribution in [3.05, 3.63) is 39.9 Å². The Morgan fingerprint density at radius 3 is 2.60 bits per heavy atom. The zero-order chi connectivity index (χ0) is 14.4. The zero-order valence-electron chi connectivity index (χ0n) is 12.3. The maximum absolute atomic E-state index is 6.22. The van der Waals surface area contributed by atoms with E-state index >= 15 is 0 Å². The van der Waals surface area contributed by atoms with Crippen LogP contribution in [0.2, 0.25) is 0 Å². The molecule has 0 fully saturated rings. The number of hydrogen-bond donors (Lipinski definition) is 1. The third-order valence-corrected chi connectivity index (χ3v) is 5.05. The second-order valence-electron chi connectivity index (χ2n) is 5.23. The van der Waals surface area contributed by atoms with Crippen LogP contribution in [0.3, 0.4) is 0 Å². The zero-order valence-corrected chi connectivity index (χ0v) is 13.1. The summed E-state index contributed by atoms with van der Waals surface area (Å²) in [5.74, 6) is 0.754. The van der Waals surface area contributed by atoms with Crippen LogP contribution in [0.4, 0.5) is 5.82 Å². The number of rotatable bonds is 2. The van der Waals surface area contributed by atoms with Gasteiger partial charge in [-0.15, -0.1) is 11.3 Å². The van der Waals surface area contributed by atoms with Crippen LogP contribution in [-0.4, -0.2) is 9.38 Å². The number of aryl methyl sites for hydroxylation is 4. The molecule has 0 aliphatic heterocycles. The summed E-state index contributed by atoms with van der Waals surface area (Å²) >= 11 is 1.74. The van der Waals surface area contributed by atoms with Crippen LogP contribution < -0.4 is 5.73 Å². The lowest BCUT2D eigenvalue weighted by atomic mass is 10.0. The largest absolute Gasteiger partial charge is 0.383 e. The molecule has 3 nitrogen and oxygen atoms in total. The van der Waals surface area contributed by atoms with Gasteiger partial charge in [-0.3, -0.25) is 4.40 Å². The van der Waals surface area contributed by atoms with E-state index in [1.165, 1.54) is 27.3 Å². The molecule has 2 aromatic heterocycles. The van der Waals surface area contributed by atoms with Gasteiger partial charge in [0.1, 0.15) is 5.82 Å². The molecule has 0 aliphatic rings. The molecule has 0 aliphatic carbocycles. The van der Waals surface area contributed by atoms with E-state index in [-0.39, 0.29) is 0 Å². The molecule has 0 bridgehead atoms. The number of aromatic nitrogens is 2. The van der Waals surface area contributed by atoms with Gasteiger partial charge >= 0.3 is 0 Å². The van der Waals surface area contributed by atoms with E-state index < -0.39 is 0 Å². The molecule has 3 rings (SSSR count). The highest BCUT2D eigenvalue weighted by Gasteiger charge is 2.18. The van der Waals surface area contributed by atoms with E-state index in [0.29, 0.717) is 0 Å². The minimum atomic E-state index is 0.754. The topological polar surface area (TPSA) is 43.3 Å². The molecule has 3 aromatic rings. The highest BCUT2D eigenvalue weighted by molar-refractivity contribution is 7.17. The first-order chi connectivity index (χ1) is 9.52. The number of nitrogens with zero attached hydrogens (tertiary/aromatic N) is 2. The summed E-state index contributed by atoms with van der Waals surface area (Å²) < 4.78 is 2.10. The summed E-state index contributed by atoms with van der Waals surface area (Å²) in [4.78, 5) is 6.89. The van der Waals surface area contributed by atoms with Gasteiger partial charge in [-0.05, 0) is 44.4 Å². The molecule has 0 atom stereocenters. The summed E-state index contributed by atoms with van der Waals surface area (Å²) in [6.45, 7) is 8.43. The molecule has 2 heterocycles. The van der Waals surface area contributed by atoms with Crippen LogP contribution >= 0.6 is 11.3 Å². The van der Waals surface area contributed by atoms with Crippen molar-refractivity contribution in [1.82, 2.24) is 9.38 Å². The number of hydrogen-bond acceptors (Lipinski definition) is 3. The third-order valence-electron chi connectivity index (χ3n) is 3.87. The van der Waals surface area contributed by atoms with Gasteiger partial charge in [0.2, 0.25) is 0 Å². The maximum Gasteiger partial charge on any atom is 0.196 e. The standard InChI is InChI=1S/C16H19N3S/c1-5-13-14(12-7-6-9(2)10(3)8-12)19-15(17)11(4)18-16(19)20-13/h6-8H,5,17H2,1-4H3. The van der Waals surface area contributed by atoms with Gasteiger partial charge in [-0.2, -0.15) is 0 Å². The van der Waals surface area contributed by atoms with Gasteiger partial charge < -0.3 is 5.73 Å². The van der Waals surface area contributed by atoms with Crippen LogP contribution in [0.15, 0.2) is 18.2 Å². The Morgan fingerprint density at radius 2 is 1.95 bits per heavy atom. The Hall–Kier alpha value is -1.81. The fourth-order valence-electron chi connectivity index (χ4n) is 2.50. The van der Waals surface area contributed by atoms with E-state index in [1.807, 2.05) is 6.92 Å². The van der Waals surface area contributed by atoms with Crippen molar-refractivity contribution in [2.45, 2.75) is 34.1 Å². The predicted octanol–water partition coefficient (Wildman–Crippen LogP) is 4.13. The first-order valence-corrected chi connectivity index (χ1v) is 7.68. The number of anilines is 1. The fourth-order valence-corrected chi connectivity index (χ4v) is 3.64. The van der Waals surface area contributed by atoms with Crippen molar-refractivity contribution in [3.8, 4) is 11.3 Å². The number of thiazole rings is 1. The summed E-state index contributed by atoms with van der Waals surface area (Å²) in [6, 6.07) is 6.59. The van der Waals surface area contributed by atoms with Gasteiger partial charge in [0, 0.05) is 10.4 Å². The number of nitrogens with two attached hydrogens (primary N) is 1. The van der Waals surface area contributed by atoms with Crippen molar-refractivity contribution in [2.24, 2.45) is 0 Å². The SMILES string of the molecule is CCc1sc2nc(C)c(N)n2c1-c1ccc(C)c(C)c1. The summed E-state index contributed by atoms with van der Waals surface area (Å²) in [5.41, 5.74) is 12.2. The van der Waals surface area contributed by atoms with Crippen molar-refractivity contribution < 1.29 is 0 Å². The van der Waals surface area contributed by atoms with Crippen molar-refractivity contribution in [3.63, 3.8) is 0 Å². The summed E-state index contributed by atoms with van der Waals surface area (Å²) in [7, 11) is 0. The Morgan fingerprint density at radius 1 is 1.20 bits per heavy atom. The second kappa shape index (κ2) is 4.63. The smallest absolute Gasteiger partial charge is 0.196 e. The first-order valence-electron chi connectivity index (χ1n) is 6.86. The monoisotopic (exact) mass is 285 g/mol. The molecule has 2 N–H and O–H groups in total. The lowest BCUT2D eigenvalue weighted by Gasteiger charge is -2.08. The maximum atomic E-state index is 6.22. The van der Waals surface area contributed by atoms with Crippen LogP contribution in [-0.2, 0) is 6.42 Å². The van der Waals surface area contributed by atoms with Crippen molar-refractivity contribution in [2.75, 3.05) is 5.73 Å². The normalized spacial score (nSPS) is 11.4. The van der Waals surface area contributed by atoms with Crippen molar-refractivity contribution >= 4 is 22.1 Å². The minimum Gasteiger partial charge on any atom is -0.383 e. The van der Waals surface area contributed by atoms with Gasteiger partial charge in [0.05, 0.1) is 11.4 Å². The van der Waals surface area contributed by atoms with Crippen LogP contribution in [0, 0.1) is 20.8 Å². The van der Waals surface area contributed by atoms with E-state index in [0.717, 1.165) is 22.9 Å². The van der Waals surface area contributed by atoms with Gasteiger partial charge in [0.25, 0.3) is 0 Å². The summed E-state index contributed by atoms with van der Waals surface area (Å²) in [6.07, 6.45) is 0.995. The molecule has 0 amide bonds. The molecule has 104 valence electrons. The second-order valence-corrected chi connectivity index (χ2v) is 6.29. The van der Waals surface area contributed by atoms with Gasteiger partial charge in [0.15, 0.2) is 4.96 Å². The molecule has 0 saturated heterocycles. The third kappa shape index (κ3) is 1.83. The van der Waals surface area contributed by atoms with E-state index in [2.05, 4.69) is 48.4 Å². The van der Waals surface area contributed by atoms with Gasteiger partial charge in [-0.25, -0.2) is 4.98 Å². The number of imidazole rings is 1. The molecule has 1 aromatic carbocycles. The molecule has 4 heteroatoms. The molecule has 0 spiro atoms. The number of nitrogen functional groups attached to an aromatic ring is 1. The van der Waals surface area contributed by atoms with E-state index in [1.54, 1.807) is 11.3 Å². The Bertz CT molecular complexity index is 796. The first kappa shape index (κ1) is 13.2. The van der Waals surface area contributed by atoms with E-state index in [4.69, 9.17) is 5.73 Å². The molecule has 0 unspecified atom stereocenters. The van der Waals surface area contributed by atoms with Crippen LogP contribution in [0.5, 0.6) is 0 Å². The molecule has 20 heavy (non-hydrogen) atoms. The lowest BCUT2D eigenvalue weighted by molar-refractivity contribution is 1.14. The van der Waals surface area contributed by atoms with Crippen LogP contribution in [0.1, 0.15) is 28.6 Å². The number of fused-ring (bicyclic) bond motifs is 1. The van der Waals surface area contributed by atoms with E-state index in [9.17, 15) is 0 Å². The highest BCUT2D eigenvalue weighted by Crippen LogP contribution is 2.35. The number of benzene rings is 1. The minimum absolute atomic E-state index is 0.754. The molecule has 0 saturated carbocycles. The Labute approximate surface area is 123 Å². The summed E-state index contributed by atoms with van der Waals surface area (Å²) in [5, 5.41) is 0. The highest BCUT2D eigenvalue weighted by atomic mass is 32.1. The molecular formula is C16H19N3S. The average molecular weight is 285 g/mol. The Kier molecular flexibility index (Phi) is 3.05. The molecular weight excluding hydrogens is 266 g/mol. The van der Waals surface area contributed by atoms with Gasteiger partial charge in [-0.1, -0.05) is 19.1 Å². The predicted molar refractivity (Wildman–Crippen MR) is 86.5 cm³/mol. The quantitative estimate of drug-likeness (QED) is 0.769. The average Bonchev–Trinajstić information content (AvgIpc) is 2.91. The fraction of sp³-hybridized carbons (Fsp3) is 0.312. The van der Waals surface area contributed by atoms with Crippen LogP contribution in [0.25, 0.3) is 16.2 Å². The molecule has 0 radical (unpaired) electrons. The van der Waals surface area contributed by atoms with Crippen molar-refractivity contribution in [1.29, 1.82) is 0 Å². The lowest BCUT2D eigenvalue weighted by Crippen LogP contribution is -1.97.